The molecule has 22 heavy (non-hydrogen) atoms. The second-order valence-corrected chi connectivity index (χ2v) is 7.20. The van der Waals surface area contributed by atoms with Gasteiger partial charge >= 0.3 is 6.09 Å². The minimum Gasteiger partial charge on any atom is -0.443 e. The highest BCUT2D eigenvalue weighted by Gasteiger charge is 2.36. The molecule has 0 saturated heterocycles. The molecule has 2 atom stereocenters. The van der Waals surface area contributed by atoms with Crippen LogP contribution in [0, 0.1) is 6.92 Å². The molecule has 1 aliphatic heterocycles. The van der Waals surface area contributed by atoms with Gasteiger partial charge in [-0.2, -0.15) is 0 Å². The van der Waals surface area contributed by atoms with Crippen LogP contribution in [0.5, 0.6) is 0 Å². The number of nitrogens with two attached hydrogens (primary N) is 1. The van der Waals surface area contributed by atoms with Gasteiger partial charge in [0, 0.05) is 12.1 Å². The summed E-state index contributed by atoms with van der Waals surface area (Å²) >= 11 is 0. The van der Waals surface area contributed by atoms with E-state index in [1.165, 1.54) is 0 Å². The monoisotopic (exact) mass is 304 g/mol. The molecule has 0 bridgehead atoms. The molecule has 0 spiro atoms. The molecule has 0 aliphatic carbocycles. The van der Waals surface area contributed by atoms with Crippen molar-refractivity contribution in [2.75, 3.05) is 4.90 Å². The molecule has 122 valence electrons. The summed E-state index contributed by atoms with van der Waals surface area (Å²) in [6.07, 6.45) is 2.45. The Morgan fingerprint density at radius 1 is 1.41 bits per heavy atom. The number of hydrogen-bond donors (Lipinski definition) is 1. The molecule has 2 rings (SSSR count). The molecule has 1 aromatic carbocycles. The number of carbonyl (C=O) groups is 1. The molecule has 4 nitrogen and oxygen atoms in total. The molecular weight excluding hydrogens is 276 g/mol. The third-order valence-electron chi connectivity index (χ3n) is 3.95. The van der Waals surface area contributed by atoms with Gasteiger partial charge in [0.15, 0.2) is 0 Å². The average molecular weight is 304 g/mol. The van der Waals surface area contributed by atoms with E-state index in [4.69, 9.17) is 10.5 Å². The van der Waals surface area contributed by atoms with Crippen molar-refractivity contribution in [3.63, 3.8) is 0 Å². The van der Waals surface area contributed by atoms with Crippen LogP contribution in [0.1, 0.15) is 64.1 Å². The number of benzene rings is 1. The zero-order valence-electron chi connectivity index (χ0n) is 14.3. The average Bonchev–Trinajstić information content (AvgIpc) is 2.38. The standard InChI is InChI=1S/C18H28N2O2/c1-6-7-13-11-15(19)14-10-12(2)8-9-16(14)20(13)17(21)22-18(3,4)5/h8-10,13,15H,6-7,11,19H2,1-5H3. The predicted molar refractivity (Wildman–Crippen MR) is 90.1 cm³/mol. The smallest absolute Gasteiger partial charge is 0.415 e. The van der Waals surface area contributed by atoms with Gasteiger partial charge in [0.05, 0.1) is 5.69 Å². The van der Waals surface area contributed by atoms with Crippen molar-refractivity contribution in [2.45, 2.75) is 71.6 Å². The Bertz CT molecular complexity index is 549. The van der Waals surface area contributed by atoms with E-state index in [9.17, 15) is 4.79 Å². The highest BCUT2D eigenvalue weighted by atomic mass is 16.6. The van der Waals surface area contributed by atoms with Crippen molar-refractivity contribution in [3.8, 4) is 0 Å². The summed E-state index contributed by atoms with van der Waals surface area (Å²) < 4.78 is 5.62. The minimum absolute atomic E-state index is 0.0230. The van der Waals surface area contributed by atoms with E-state index in [1.54, 1.807) is 0 Å². The van der Waals surface area contributed by atoms with Crippen molar-refractivity contribution in [1.82, 2.24) is 0 Å². The van der Waals surface area contributed by atoms with Gasteiger partial charge in [-0.25, -0.2) is 4.79 Å². The van der Waals surface area contributed by atoms with Crippen molar-refractivity contribution >= 4 is 11.8 Å². The lowest BCUT2D eigenvalue weighted by Gasteiger charge is -2.40. The SMILES string of the molecule is CCCC1CC(N)c2cc(C)ccc2N1C(=O)OC(C)(C)C. The fourth-order valence-corrected chi connectivity index (χ4v) is 3.05. The lowest BCUT2D eigenvalue weighted by molar-refractivity contribution is 0.0556. The lowest BCUT2D eigenvalue weighted by Crippen LogP contribution is -2.48. The van der Waals surface area contributed by atoms with Gasteiger partial charge in [-0.15, -0.1) is 0 Å². The van der Waals surface area contributed by atoms with E-state index in [0.29, 0.717) is 0 Å². The number of amides is 1. The normalized spacial score (nSPS) is 21.5. The van der Waals surface area contributed by atoms with Crippen molar-refractivity contribution in [3.05, 3.63) is 29.3 Å². The Kier molecular flexibility index (Phi) is 4.81. The van der Waals surface area contributed by atoms with Crippen LogP contribution in [0.3, 0.4) is 0 Å². The Hall–Kier alpha value is -1.55. The molecule has 4 heteroatoms. The van der Waals surface area contributed by atoms with Crippen LogP contribution >= 0.6 is 0 Å². The molecule has 1 heterocycles. The largest absolute Gasteiger partial charge is 0.443 e. The van der Waals surface area contributed by atoms with Gasteiger partial charge in [-0.3, -0.25) is 4.90 Å². The van der Waals surface area contributed by atoms with E-state index in [1.807, 2.05) is 44.7 Å². The molecule has 1 aromatic rings. The number of hydrogen-bond acceptors (Lipinski definition) is 3. The first-order chi connectivity index (χ1) is 10.2. The maximum Gasteiger partial charge on any atom is 0.415 e. The second kappa shape index (κ2) is 6.29. The quantitative estimate of drug-likeness (QED) is 0.885. The fourth-order valence-electron chi connectivity index (χ4n) is 3.05. The van der Waals surface area contributed by atoms with Crippen LogP contribution in [0.15, 0.2) is 18.2 Å². The van der Waals surface area contributed by atoms with Crippen molar-refractivity contribution < 1.29 is 9.53 Å². The van der Waals surface area contributed by atoms with E-state index in [2.05, 4.69) is 13.0 Å². The number of carbonyl (C=O) groups excluding carboxylic acids is 1. The molecular formula is C18H28N2O2. The number of anilines is 1. The summed E-state index contributed by atoms with van der Waals surface area (Å²) in [5.41, 5.74) is 8.94. The fraction of sp³-hybridized carbons (Fsp3) is 0.611. The first kappa shape index (κ1) is 16.8. The van der Waals surface area contributed by atoms with Crippen LogP contribution in [-0.2, 0) is 4.74 Å². The number of nitrogens with zero attached hydrogens (tertiary/aromatic N) is 1. The lowest BCUT2D eigenvalue weighted by atomic mass is 9.89. The maximum absolute atomic E-state index is 12.7. The van der Waals surface area contributed by atoms with Crippen LogP contribution in [0.4, 0.5) is 10.5 Å². The first-order valence-corrected chi connectivity index (χ1v) is 8.11. The van der Waals surface area contributed by atoms with Gasteiger partial charge < -0.3 is 10.5 Å². The Balaban J connectivity index is 2.42. The van der Waals surface area contributed by atoms with E-state index >= 15 is 0 Å². The van der Waals surface area contributed by atoms with Crippen molar-refractivity contribution in [1.29, 1.82) is 0 Å². The zero-order valence-corrected chi connectivity index (χ0v) is 14.3. The Morgan fingerprint density at radius 2 is 2.09 bits per heavy atom. The summed E-state index contributed by atoms with van der Waals surface area (Å²) in [5, 5.41) is 0. The zero-order chi connectivity index (χ0) is 16.5. The molecule has 1 aliphatic rings. The van der Waals surface area contributed by atoms with E-state index < -0.39 is 5.60 Å². The molecule has 0 aromatic heterocycles. The van der Waals surface area contributed by atoms with Gasteiger partial charge in [-0.05, 0) is 52.2 Å². The van der Waals surface area contributed by atoms with Crippen LogP contribution in [0.25, 0.3) is 0 Å². The van der Waals surface area contributed by atoms with Crippen LogP contribution in [0.2, 0.25) is 0 Å². The molecule has 0 saturated carbocycles. The van der Waals surface area contributed by atoms with Gasteiger partial charge in [0.2, 0.25) is 0 Å². The third kappa shape index (κ3) is 3.61. The van der Waals surface area contributed by atoms with Crippen LogP contribution < -0.4 is 10.6 Å². The molecule has 1 amide bonds. The number of aryl methyl sites for hydroxylation is 1. The van der Waals surface area contributed by atoms with Gasteiger partial charge in [0.25, 0.3) is 0 Å². The first-order valence-electron chi connectivity index (χ1n) is 8.11. The maximum atomic E-state index is 12.7. The summed E-state index contributed by atoms with van der Waals surface area (Å²) in [5.74, 6) is 0. The van der Waals surface area contributed by atoms with Crippen LogP contribution in [-0.4, -0.2) is 17.7 Å². The number of ether oxygens (including phenoxy) is 1. The molecule has 0 fully saturated rings. The predicted octanol–water partition coefficient (Wildman–Crippen LogP) is 4.31. The number of rotatable bonds is 2. The summed E-state index contributed by atoms with van der Waals surface area (Å²) in [7, 11) is 0. The Morgan fingerprint density at radius 3 is 2.68 bits per heavy atom. The molecule has 2 N–H and O–H groups in total. The summed E-state index contributed by atoms with van der Waals surface area (Å²) in [6.45, 7) is 9.86. The number of fused-ring (bicyclic) bond motifs is 1. The van der Waals surface area contributed by atoms with E-state index in [0.717, 1.165) is 36.1 Å². The van der Waals surface area contributed by atoms with Gasteiger partial charge in [0.1, 0.15) is 5.60 Å². The molecule has 0 radical (unpaired) electrons. The van der Waals surface area contributed by atoms with Gasteiger partial charge in [-0.1, -0.05) is 31.0 Å². The highest BCUT2D eigenvalue weighted by molar-refractivity contribution is 5.90. The minimum atomic E-state index is -0.502. The second-order valence-electron chi connectivity index (χ2n) is 7.20. The van der Waals surface area contributed by atoms with Crippen molar-refractivity contribution in [2.24, 2.45) is 5.73 Å². The van der Waals surface area contributed by atoms with E-state index in [-0.39, 0.29) is 18.2 Å². The summed E-state index contributed by atoms with van der Waals surface area (Å²) in [4.78, 5) is 14.5. The topological polar surface area (TPSA) is 55.6 Å². The third-order valence-corrected chi connectivity index (χ3v) is 3.95. The highest BCUT2D eigenvalue weighted by Crippen LogP contribution is 2.38. The summed E-state index contributed by atoms with van der Waals surface area (Å²) in [6, 6.07) is 6.18. The molecule has 2 unspecified atom stereocenters. The Labute approximate surface area is 133 Å².